The average Bonchev–Trinajstić information content (AvgIpc) is 2.29. The molecule has 0 unspecified atom stereocenters. The number of carbonyl (C=O) groups is 1. The minimum absolute atomic E-state index is 0.0587. The first-order valence-corrected chi connectivity index (χ1v) is 7.85. The third kappa shape index (κ3) is 2.87. The Bertz CT molecular complexity index is 527. The van der Waals surface area contributed by atoms with Crippen LogP contribution in [0.5, 0.6) is 0 Å². The van der Waals surface area contributed by atoms with Crippen molar-refractivity contribution >= 4 is 31.7 Å². The lowest BCUT2D eigenvalue weighted by molar-refractivity contribution is 0.0769. The second kappa shape index (κ2) is 4.78. The Hall–Kier alpha value is -0.880. The summed E-state index contributed by atoms with van der Waals surface area (Å²) in [6, 6.07) is 7.16. The third-order valence-electron chi connectivity index (χ3n) is 2.74. The molecule has 1 saturated heterocycles. The molecule has 0 bridgehead atoms. The summed E-state index contributed by atoms with van der Waals surface area (Å²) in [6.07, 6.45) is 0. The molecule has 0 saturated carbocycles. The van der Waals surface area contributed by atoms with Gasteiger partial charge in [0.15, 0.2) is 9.84 Å². The number of rotatable bonds is 1. The molecule has 1 aliphatic rings. The maximum absolute atomic E-state index is 12.1. The number of halogens is 1. The Kier molecular flexibility index (Phi) is 3.53. The van der Waals surface area contributed by atoms with Crippen LogP contribution in [0.4, 0.5) is 0 Å². The van der Waals surface area contributed by atoms with Crippen LogP contribution < -0.4 is 0 Å². The molecule has 1 aliphatic heterocycles. The molecule has 92 valence electrons. The maximum Gasteiger partial charge on any atom is 0.255 e. The summed E-state index contributed by atoms with van der Waals surface area (Å²) in [5, 5.41) is 0. The highest BCUT2D eigenvalue weighted by molar-refractivity contribution is 9.10. The van der Waals surface area contributed by atoms with Gasteiger partial charge in [0.25, 0.3) is 5.91 Å². The Morgan fingerprint density at radius 3 is 2.35 bits per heavy atom. The average molecular weight is 318 g/mol. The van der Waals surface area contributed by atoms with Gasteiger partial charge in [0.2, 0.25) is 0 Å². The van der Waals surface area contributed by atoms with Crippen molar-refractivity contribution in [2.45, 2.75) is 0 Å². The summed E-state index contributed by atoms with van der Waals surface area (Å²) in [5.74, 6) is -0.000726. The van der Waals surface area contributed by atoms with E-state index in [9.17, 15) is 13.2 Å². The predicted octanol–water partition coefficient (Wildman–Crippen LogP) is 1.32. The maximum atomic E-state index is 12.1. The number of hydrogen-bond donors (Lipinski definition) is 0. The van der Waals surface area contributed by atoms with Crippen LogP contribution in [0.15, 0.2) is 28.7 Å². The van der Waals surface area contributed by atoms with E-state index < -0.39 is 9.84 Å². The second-order valence-corrected chi connectivity index (χ2v) is 7.08. The van der Waals surface area contributed by atoms with Crippen molar-refractivity contribution in [3.63, 3.8) is 0 Å². The molecule has 1 fully saturated rings. The Labute approximate surface area is 109 Å². The number of sulfone groups is 1. The summed E-state index contributed by atoms with van der Waals surface area (Å²) in [7, 11) is -2.95. The lowest BCUT2D eigenvalue weighted by Gasteiger charge is -2.27. The fourth-order valence-electron chi connectivity index (χ4n) is 1.72. The van der Waals surface area contributed by atoms with Crippen LogP contribution in [0.1, 0.15) is 10.4 Å². The van der Waals surface area contributed by atoms with E-state index in [1.807, 2.05) is 6.07 Å². The zero-order chi connectivity index (χ0) is 12.5. The summed E-state index contributed by atoms with van der Waals surface area (Å²) in [5.41, 5.74) is 0.576. The molecule has 2 rings (SSSR count). The van der Waals surface area contributed by atoms with Crippen molar-refractivity contribution in [3.05, 3.63) is 34.3 Å². The summed E-state index contributed by atoms with van der Waals surface area (Å²) < 4.78 is 23.3. The lowest BCUT2D eigenvalue weighted by Crippen LogP contribution is -2.43. The van der Waals surface area contributed by atoms with Gasteiger partial charge in [0, 0.05) is 17.6 Å². The van der Waals surface area contributed by atoms with E-state index >= 15 is 0 Å². The number of nitrogens with zero attached hydrogens (tertiary/aromatic N) is 1. The molecule has 1 aromatic carbocycles. The molecule has 0 spiro atoms. The molecule has 4 nitrogen and oxygen atoms in total. The van der Waals surface area contributed by atoms with Gasteiger partial charge in [-0.05, 0) is 28.1 Å². The highest BCUT2D eigenvalue weighted by atomic mass is 79.9. The normalized spacial score (nSPS) is 19.0. The molecule has 1 aromatic rings. The van der Waals surface area contributed by atoms with Crippen LogP contribution in [0.2, 0.25) is 0 Å². The topological polar surface area (TPSA) is 54.5 Å². The Morgan fingerprint density at radius 2 is 1.76 bits per heavy atom. The molecular weight excluding hydrogens is 306 g/mol. The van der Waals surface area contributed by atoms with Gasteiger partial charge in [-0.3, -0.25) is 4.79 Å². The molecule has 17 heavy (non-hydrogen) atoms. The summed E-state index contributed by atoms with van der Waals surface area (Å²) >= 11 is 3.32. The van der Waals surface area contributed by atoms with Gasteiger partial charge in [0.1, 0.15) is 0 Å². The van der Waals surface area contributed by atoms with Crippen LogP contribution in [0, 0.1) is 0 Å². The SMILES string of the molecule is O=C(c1ccccc1Br)N1CCS(=O)(=O)CC1. The zero-order valence-corrected chi connectivity index (χ0v) is 11.5. The molecule has 0 aliphatic carbocycles. The van der Waals surface area contributed by atoms with Crippen molar-refractivity contribution in [2.75, 3.05) is 24.6 Å². The van der Waals surface area contributed by atoms with Crippen molar-refractivity contribution in [2.24, 2.45) is 0 Å². The second-order valence-electron chi connectivity index (χ2n) is 3.92. The van der Waals surface area contributed by atoms with Crippen molar-refractivity contribution in [1.29, 1.82) is 0 Å². The number of amides is 1. The molecule has 0 atom stereocenters. The van der Waals surface area contributed by atoms with Crippen LogP contribution in [-0.2, 0) is 9.84 Å². The van der Waals surface area contributed by atoms with E-state index in [-0.39, 0.29) is 30.5 Å². The quantitative estimate of drug-likeness (QED) is 0.785. The van der Waals surface area contributed by atoms with E-state index in [0.717, 1.165) is 4.47 Å². The van der Waals surface area contributed by atoms with E-state index in [1.165, 1.54) is 0 Å². The van der Waals surface area contributed by atoms with Gasteiger partial charge in [-0.1, -0.05) is 12.1 Å². The number of hydrogen-bond acceptors (Lipinski definition) is 3. The predicted molar refractivity (Wildman–Crippen MR) is 68.7 cm³/mol. The van der Waals surface area contributed by atoms with Crippen molar-refractivity contribution in [1.82, 2.24) is 4.90 Å². The number of benzene rings is 1. The molecule has 1 heterocycles. The van der Waals surface area contributed by atoms with Crippen LogP contribution in [0.25, 0.3) is 0 Å². The molecule has 0 radical (unpaired) electrons. The van der Waals surface area contributed by atoms with Crippen LogP contribution in [-0.4, -0.2) is 43.8 Å². The Balaban J connectivity index is 2.15. The minimum atomic E-state index is -2.95. The van der Waals surface area contributed by atoms with E-state index in [4.69, 9.17) is 0 Å². The molecule has 0 aromatic heterocycles. The molecule has 1 amide bonds. The van der Waals surface area contributed by atoms with E-state index in [2.05, 4.69) is 15.9 Å². The minimum Gasteiger partial charge on any atom is -0.337 e. The Morgan fingerprint density at radius 1 is 1.18 bits per heavy atom. The van der Waals surface area contributed by atoms with E-state index in [0.29, 0.717) is 5.56 Å². The highest BCUT2D eigenvalue weighted by Gasteiger charge is 2.26. The van der Waals surface area contributed by atoms with E-state index in [1.54, 1.807) is 23.1 Å². The highest BCUT2D eigenvalue weighted by Crippen LogP contribution is 2.18. The summed E-state index contributed by atoms with van der Waals surface area (Å²) in [4.78, 5) is 13.7. The first-order chi connectivity index (χ1) is 7.99. The molecule has 0 N–H and O–H groups in total. The fourth-order valence-corrected chi connectivity index (χ4v) is 3.38. The van der Waals surface area contributed by atoms with Gasteiger partial charge < -0.3 is 4.90 Å². The summed E-state index contributed by atoms with van der Waals surface area (Å²) in [6.45, 7) is 0.561. The monoisotopic (exact) mass is 317 g/mol. The smallest absolute Gasteiger partial charge is 0.255 e. The first kappa shape index (κ1) is 12.6. The van der Waals surface area contributed by atoms with Crippen LogP contribution >= 0.6 is 15.9 Å². The zero-order valence-electron chi connectivity index (χ0n) is 9.10. The van der Waals surface area contributed by atoms with Crippen LogP contribution in [0.3, 0.4) is 0 Å². The van der Waals surface area contributed by atoms with Gasteiger partial charge in [0.05, 0.1) is 17.1 Å². The lowest BCUT2D eigenvalue weighted by atomic mass is 10.2. The fraction of sp³-hybridized carbons (Fsp3) is 0.364. The van der Waals surface area contributed by atoms with Gasteiger partial charge >= 0.3 is 0 Å². The standard InChI is InChI=1S/C11H12BrNO3S/c12-10-4-2-1-3-9(10)11(14)13-5-7-17(15,16)8-6-13/h1-4H,5-8H2. The number of carbonyl (C=O) groups excluding carboxylic acids is 1. The van der Waals surface area contributed by atoms with Gasteiger partial charge in [-0.25, -0.2) is 8.42 Å². The first-order valence-electron chi connectivity index (χ1n) is 5.24. The molecule has 6 heteroatoms. The van der Waals surface area contributed by atoms with Gasteiger partial charge in [-0.2, -0.15) is 0 Å². The van der Waals surface area contributed by atoms with Crippen molar-refractivity contribution in [3.8, 4) is 0 Å². The largest absolute Gasteiger partial charge is 0.337 e. The van der Waals surface area contributed by atoms with Crippen molar-refractivity contribution < 1.29 is 13.2 Å². The van der Waals surface area contributed by atoms with Gasteiger partial charge in [-0.15, -0.1) is 0 Å². The molecular formula is C11H12BrNO3S. The third-order valence-corrected chi connectivity index (χ3v) is 5.04.